The summed E-state index contributed by atoms with van der Waals surface area (Å²) in [6, 6.07) is 5.62. The Labute approximate surface area is 164 Å². The first kappa shape index (κ1) is 20.4. The summed E-state index contributed by atoms with van der Waals surface area (Å²) >= 11 is 0. The van der Waals surface area contributed by atoms with E-state index in [0.717, 1.165) is 51.5 Å². The highest BCUT2D eigenvalue weighted by Crippen LogP contribution is 2.39. The molecule has 2 aliphatic rings. The van der Waals surface area contributed by atoms with Gasteiger partial charge in [0.2, 0.25) is 5.78 Å². The molecule has 0 radical (unpaired) electrons. The van der Waals surface area contributed by atoms with Crippen LogP contribution in [0.2, 0.25) is 0 Å². The molecule has 5 heteroatoms. The summed E-state index contributed by atoms with van der Waals surface area (Å²) in [5.41, 5.74) is -0.213. The van der Waals surface area contributed by atoms with E-state index in [1.165, 1.54) is 6.42 Å². The highest BCUT2D eigenvalue weighted by molar-refractivity contribution is 6.02. The van der Waals surface area contributed by atoms with Crippen LogP contribution >= 0.6 is 0 Å². The summed E-state index contributed by atoms with van der Waals surface area (Å²) in [6.07, 6.45) is 4.42. The molecule has 0 aliphatic carbocycles. The van der Waals surface area contributed by atoms with Crippen molar-refractivity contribution in [1.29, 1.82) is 0 Å². The minimum absolute atomic E-state index is 0.162. The number of rotatable bonds is 6. The van der Waals surface area contributed by atoms with E-state index in [1.807, 2.05) is 18.2 Å². The standard InChI is InChI=1S/C22H35N3O2/c1-18(2)8-11-24-12-14-25(15-13-24)22(9-16-27-21(3,4)17-22)20(26)19-7-5-6-10-23-19/h5-7,10,18H,8-9,11-17H2,1-4H3/t22-/m0/s1. The lowest BCUT2D eigenvalue weighted by Crippen LogP contribution is -2.65. The molecule has 0 bridgehead atoms. The zero-order valence-electron chi connectivity index (χ0n) is 17.4. The van der Waals surface area contributed by atoms with Gasteiger partial charge in [-0.15, -0.1) is 0 Å². The number of piperazine rings is 1. The molecule has 27 heavy (non-hydrogen) atoms. The molecule has 2 saturated heterocycles. The topological polar surface area (TPSA) is 45.7 Å². The third-order valence-corrected chi connectivity index (χ3v) is 6.05. The highest BCUT2D eigenvalue weighted by Gasteiger charge is 2.51. The lowest BCUT2D eigenvalue weighted by Gasteiger charge is -2.52. The maximum Gasteiger partial charge on any atom is 0.201 e. The van der Waals surface area contributed by atoms with Gasteiger partial charge in [-0.2, -0.15) is 0 Å². The molecule has 3 rings (SSSR count). The zero-order valence-corrected chi connectivity index (χ0v) is 17.4. The Bertz CT molecular complexity index is 624. The fourth-order valence-corrected chi connectivity index (χ4v) is 4.52. The molecule has 2 fully saturated rings. The fraction of sp³-hybridized carbons (Fsp3) is 0.727. The van der Waals surface area contributed by atoms with E-state index in [4.69, 9.17) is 4.74 Å². The van der Waals surface area contributed by atoms with Gasteiger partial charge in [-0.05, 0) is 51.3 Å². The molecule has 1 aromatic heterocycles. The van der Waals surface area contributed by atoms with E-state index in [9.17, 15) is 4.79 Å². The molecule has 3 heterocycles. The first-order valence-corrected chi connectivity index (χ1v) is 10.4. The largest absolute Gasteiger partial charge is 0.375 e. The summed E-state index contributed by atoms with van der Waals surface area (Å²) in [6.45, 7) is 14.5. The Morgan fingerprint density at radius 3 is 2.56 bits per heavy atom. The van der Waals surface area contributed by atoms with Crippen molar-refractivity contribution in [3.8, 4) is 0 Å². The van der Waals surface area contributed by atoms with Crippen molar-refractivity contribution < 1.29 is 9.53 Å². The number of aromatic nitrogens is 1. The van der Waals surface area contributed by atoms with E-state index in [2.05, 4.69) is 42.5 Å². The third-order valence-electron chi connectivity index (χ3n) is 6.05. The van der Waals surface area contributed by atoms with Crippen LogP contribution in [-0.2, 0) is 4.74 Å². The van der Waals surface area contributed by atoms with E-state index >= 15 is 0 Å². The van der Waals surface area contributed by atoms with Crippen LogP contribution in [0.25, 0.3) is 0 Å². The molecular weight excluding hydrogens is 338 g/mol. The normalized spacial score (nSPS) is 27.0. The van der Waals surface area contributed by atoms with Gasteiger partial charge in [0.05, 0.1) is 11.1 Å². The molecule has 2 aliphatic heterocycles. The number of nitrogens with zero attached hydrogens (tertiary/aromatic N) is 3. The van der Waals surface area contributed by atoms with Gasteiger partial charge in [-0.1, -0.05) is 19.9 Å². The molecule has 0 unspecified atom stereocenters. The van der Waals surface area contributed by atoms with Gasteiger partial charge in [0.1, 0.15) is 5.69 Å². The molecule has 0 saturated carbocycles. The number of ketones is 1. The number of ether oxygens (including phenoxy) is 1. The van der Waals surface area contributed by atoms with E-state index < -0.39 is 5.54 Å². The van der Waals surface area contributed by atoms with Gasteiger partial charge in [0.25, 0.3) is 0 Å². The first-order chi connectivity index (χ1) is 12.8. The summed E-state index contributed by atoms with van der Waals surface area (Å²) in [7, 11) is 0. The maximum absolute atomic E-state index is 13.6. The van der Waals surface area contributed by atoms with Gasteiger partial charge in [0, 0.05) is 45.4 Å². The lowest BCUT2D eigenvalue weighted by molar-refractivity contribution is -0.113. The van der Waals surface area contributed by atoms with Gasteiger partial charge in [-0.25, -0.2) is 0 Å². The van der Waals surface area contributed by atoms with Crippen LogP contribution in [0.5, 0.6) is 0 Å². The average molecular weight is 374 g/mol. The third kappa shape index (κ3) is 4.76. The van der Waals surface area contributed by atoms with Crippen LogP contribution in [0, 0.1) is 5.92 Å². The summed E-state index contributed by atoms with van der Waals surface area (Å²) in [4.78, 5) is 23.0. The van der Waals surface area contributed by atoms with Crippen molar-refractivity contribution in [2.24, 2.45) is 5.92 Å². The predicted octanol–water partition coefficient (Wildman–Crippen LogP) is 3.26. The van der Waals surface area contributed by atoms with Crippen LogP contribution < -0.4 is 0 Å². The van der Waals surface area contributed by atoms with Crippen molar-refractivity contribution in [2.75, 3.05) is 39.3 Å². The van der Waals surface area contributed by atoms with Crippen molar-refractivity contribution in [3.05, 3.63) is 30.1 Å². The number of carbonyl (C=O) groups is 1. The number of carbonyl (C=O) groups excluding carboxylic acids is 1. The minimum Gasteiger partial charge on any atom is -0.375 e. The smallest absolute Gasteiger partial charge is 0.201 e. The summed E-state index contributed by atoms with van der Waals surface area (Å²) in [5, 5.41) is 0. The Kier molecular flexibility index (Phi) is 6.34. The van der Waals surface area contributed by atoms with Gasteiger partial charge < -0.3 is 9.64 Å². The number of hydrogen-bond donors (Lipinski definition) is 0. The number of Topliss-reactive ketones (excluding diaryl/α,β-unsaturated/α-hetero) is 1. The van der Waals surface area contributed by atoms with Gasteiger partial charge >= 0.3 is 0 Å². The molecule has 1 aromatic rings. The maximum atomic E-state index is 13.6. The monoisotopic (exact) mass is 373 g/mol. The van der Waals surface area contributed by atoms with E-state index in [0.29, 0.717) is 12.3 Å². The van der Waals surface area contributed by atoms with Crippen LogP contribution in [0.4, 0.5) is 0 Å². The van der Waals surface area contributed by atoms with Gasteiger partial charge in [-0.3, -0.25) is 14.7 Å². The molecule has 5 nitrogen and oxygen atoms in total. The lowest BCUT2D eigenvalue weighted by atomic mass is 9.75. The molecule has 0 amide bonds. The van der Waals surface area contributed by atoms with Crippen LogP contribution in [0.15, 0.2) is 24.4 Å². The van der Waals surface area contributed by atoms with E-state index in [1.54, 1.807) is 6.20 Å². The first-order valence-electron chi connectivity index (χ1n) is 10.4. The van der Waals surface area contributed by atoms with Crippen molar-refractivity contribution in [2.45, 2.75) is 58.1 Å². The highest BCUT2D eigenvalue weighted by atomic mass is 16.5. The Balaban J connectivity index is 1.78. The number of pyridine rings is 1. The second-order valence-corrected chi connectivity index (χ2v) is 9.12. The molecule has 0 N–H and O–H groups in total. The predicted molar refractivity (Wildman–Crippen MR) is 108 cm³/mol. The Hall–Kier alpha value is -1.30. The molecule has 0 spiro atoms. The number of hydrogen-bond acceptors (Lipinski definition) is 5. The zero-order chi connectivity index (χ0) is 19.5. The molecule has 1 atom stereocenters. The van der Waals surface area contributed by atoms with Gasteiger partial charge in [0.15, 0.2) is 0 Å². The molecular formula is C22H35N3O2. The van der Waals surface area contributed by atoms with Crippen LogP contribution in [-0.4, -0.2) is 71.0 Å². The van der Waals surface area contributed by atoms with Crippen molar-refractivity contribution in [3.63, 3.8) is 0 Å². The van der Waals surface area contributed by atoms with Crippen molar-refractivity contribution >= 4 is 5.78 Å². The average Bonchev–Trinajstić information content (AvgIpc) is 2.66. The van der Waals surface area contributed by atoms with Crippen LogP contribution in [0.1, 0.15) is 57.4 Å². The molecule has 150 valence electrons. The summed E-state index contributed by atoms with van der Waals surface area (Å²) < 4.78 is 5.97. The van der Waals surface area contributed by atoms with Crippen molar-refractivity contribution in [1.82, 2.24) is 14.8 Å². The fourth-order valence-electron chi connectivity index (χ4n) is 4.52. The molecule has 0 aromatic carbocycles. The summed E-state index contributed by atoms with van der Waals surface area (Å²) in [5.74, 6) is 0.895. The quantitative estimate of drug-likeness (QED) is 0.716. The Morgan fingerprint density at radius 1 is 1.22 bits per heavy atom. The second kappa shape index (κ2) is 8.38. The Morgan fingerprint density at radius 2 is 1.96 bits per heavy atom. The van der Waals surface area contributed by atoms with E-state index in [-0.39, 0.29) is 11.4 Å². The second-order valence-electron chi connectivity index (χ2n) is 9.12. The SMILES string of the molecule is CC(C)CCN1CCN([C@@]2(C(=O)c3ccccn3)CCOC(C)(C)C2)CC1. The minimum atomic E-state index is -0.500. The van der Waals surface area contributed by atoms with Crippen LogP contribution in [0.3, 0.4) is 0 Å².